The third-order valence-electron chi connectivity index (χ3n) is 4.74. The van der Waals surface area contributed by atoms with E-state index in [0.717, 1.165) is 42.5 Å². The van der Waals surface area contributed by atoms with E-state index in [-0.39, 0.29) is 6.10 Å². The minimum Gasteiger partial charge on any atom is -0.496 e. The second-order valence-electron chi connectivity index (χ2n) is 6.85. The fourth-order valence-corrected chi connectivity index (χ4v) is 3.30. The fourth-order valence-electron chi connectivity index (χ4n) is 3.30. The van der Waals surface area contributed by atoms with Crippen molar-refractivity contribution in [3.8, 4) is 5.75 Å². The molecule has 1 atom stereocenters. The largest absolute Gasteiger partial charge is 0.496 e. The van der Waals surface area contributed by atoms with Gasteiger partial charge in [0.05, 0.1) is 46.2 Å². The minimum absolute atomic E-state index is 0.00287. The molecule has 1 fully saturated rings. The van der Waals surface area contributed by atoms with Crippen molar-refractivity contribution < 1.29 is 14.2 Å². The van der Waals surface area contributed by atoms with Gasteiger partial charge in [-0.05, 0) is 13.0 Å². The number of ether oxygens (including phenoxy) is 3. The van der Waals surface area contributed by atoms with Crippen molar-refractivity contribution >= 4 is 5.96 Å². The highest BCUT2D eigenvalue weighted by Crippen LogP contribution is 2.21. The van der Waals surface area contributed by atoms with Crippen LogP contribution in [0.1, 0.15) is 24.2 Å². The van der Waals surface area contributed by atoms with Gasteiger partial charge >= 0.3 is 0 Å². The summed E-state index contributed by atoms with van der Waals surface area (Å²) in [6, 6.07) is 7.89. The molecule has 0 aliphatic carbocycles. The van der Waals surface area contributed by atoms with E-state index >= 15 is 0 Å². The lowest BCUT2D eigenvalue weighted by Crippen LogP contribution is -2.48. The van der Waals surface area contributed by atoms with E-state index in [4.69, 9.17) is 19.2 Å². The Morgan fingerprint density at radius 2 is 2.24 bits per heavy atom. The number of aryl methyl sites for hydroxylation is 1. The van der Waals surface area contributed by atoms with Crippen LogP contribution in [0.3, 0.4) is 0 Å². The van der Waals surface area contributed by atoms with E-state index < -0.39 is 0 Å². The molecule has 1 aliphatic heterocycles. The van der Waals surface area contributed by atoms with Gasteiger partial charge in [-0.1, -0.05) is 18.2 Å². The molecule has 29 heavy (non-hydrogen) atoms. The molecule has 1 aromatic carbocycles. The normalized spacial score (nSPS) is 17.4. The summed E-state index contributed by atoms with van der Waals surface area (Å²) in [5.74, 6) is 1.74. The average Bonchev–Trinajstić information content (AvgIpc) is 3.19. The quantitative estimate of drug-likeness (QED) is 0.414. The van der Waals surface area contributed by atoms with E-state index in [2.05, 4.69) is 22.2 Å². The zero-order valence-electron chi connectivity index (χ0n) is 17.5. The number of rotatable bonds is 8. The highest BCUT2D eigenvalue weighted by atomic mass is 16.5. The Balaban J connectivity index is 1.52. The molecule has 8 heteroatoms. The smallest absolute Gasteiger partial charge is 0.194 e. The molecule has 0 amide bonds. The van der Waals surface area contributed by atoms with Crippen LogP contribution in [-0.4, -0.2) is 67.1 Å². The monoisotopic (exact) mass is 401 g/mol. The number of hydrogen-bond acceptors (Lipinski definition) is 5. The van der Waals surface area contributed by atoms with E-state index in [9.17, 15) is 0 Å². The summed E-state index contributed by atoms with van der Waals surface area (Å²) in [5, 5.41) is 7.63. The molecular formula is C21H31N5O3. The Morgan fingerprint density at radius 3 is 3.00 bits per heavy atom. The third kappa shape index (κ3) is 5.95. The Bertz CT molecular complexity index is 792. The molecule has 0 spiro atoms. The van der Waals surface area contributed by atoms with Crippen molar-refractivity contribution in [1.82, 2.24) is 20.0 Å². The van der Waals surface area contributed by atoms with Crippen LogP contribution >= 0.6 is 0 Å². The first-order valence-electron chi connectivity index (χ1n) is 10.0. The van der Waals surface area contributed by atoms with E-state index in [1.165, 1.54) is 0 Å². The summed E-state index contributed by atoms with van der Waals surface area (Å²) < 4.78 is 18.9. The van der Waals surface area contributed by atoms with Crippen LogP contribution < -0.4 is 10.1 Å². The highest BCUT2D eigenvalue weighted by Gasteiger charge is 2.25. The Labute approximate surface area is 172 Å². The zero-order valence-corrected chi connectivity index (χ0v) is 17.5. The molecule has 0 radical (unpaired) electrons. The number of aliphatic imine (C=N–C) groups is 1. The number of benzene rings is 1. The maximum Gasteiger partial charge on any atom is 0.194 e. The summed E-state index contributed by atoms with van der Waals surface area (Å²) in [6.07, 6.45) is 3.87. The molecule has 3 rings (SSSR count). The van der Waals surface area contributed by atoms with Crippen LogP contribution in [0.4, 0.5) is 0 Å². The summed E-state index contributed by atoms with van der Waals surface area (Å²) in [7, 11) is 3.59. The summed E-state index contributed by atoms with van der Waals surface area (Å²) >= 11 is 0. The van der Waals surface area contributed by atoms with Crippen molar-refractivity contribution in [3.05, 3.63) is 47.8 Å². The van der Waals surface area contributed by atoms with Crippen molar-refractivity contribution in [2.75, 3.05) is 46.5 Å². The second kappa shape index (κ2) is 10.8. The van der Waals surface area contributed by atoms with Crippen LogP contribution in [0.5, 0.6) is 5.75 Å². The number of morpholine rings is 1. The van der Waals surface area contributed by atoms with Crippen molar-refractivity contribution in [2.24, 2.45) is 12.0 Å². The molecule has 1 N–H and O–H groups in total. The van der Waals surface area contributed by atoms with Crippen LogP contribution in [0.2, 0.25) is 0 Å². The Morgan fingerprint density at radius 1 is 1.38 bits per heavy atom. The van der Waals surface area contributed by atoms with Crippen molar-refractivity contribution in [3.63, 3.8) is 0 Å². The fraction of sp³-hybridized carbons (Fsp3) is 0.524. The Hall–Kier alpha value is -2.58. The number of nitrogens with zero attached hydrogens (tertiary/aromatic N) is 4. The number of methoxy groups -OCH3 is 1. The summed E-state index contributed by atoms with van der Waals surface area (Å²) in [6.45, 7) is 6.76. The lowest BCUT2D eigenvalue weighted by atomic mass is 10.1. The van der Waals surface area contributed by atoms with Crippen LogP contribution in [0, 0.1) is 0 Å². The summed E-state index contributed by atoms with van der Waals surface area (Å²) in [5.41, 5.74) is 2.13. The van der Waals surface area contributed by atoms with E-state index in [1.807, 2.05) is 43.7 Å². The first-order chi connectivity index (χ1) is 14.2. The van der Waals surface area contributed by atoms with Crippen LogP contribution in [0.15, 0.2) is 41.7 Å². The zero-order chi connectivity index (χ0) is 20.5. The minimum atomic E-state index is 0.00287. The molecular weight excluding hydrogens is 370 g/mol. The number of nitrogens with one attached hydrogen (secondary N) is 1. The van der Waals surface area contributed by atoms with Gasteiger partial charge in [0, 0.05) is 37.5 Å². The van der Waals surface area contributed by atoms with Crippen LogP contribution in [0.25, 0.3) is 0 Å². The van der Waals surface area contributed by atoms with Gasteiger partial charge in [-0.2, -0.15) is 5.10 Å². The molecule has 1 aromatic heterocycles. The Kier molecular flexibility index (Phi) is 7.89. The molecule has 8 nitrogen and oxygen atoms in total. The maximum atomic E-state index is 5.94. The van der Waals surface area contributed by atoms with Gasteiger partial charge in [0.25, 0.3) is 0 Å². The molecule has 158 valence electrons. The van der Waals surface area contributed by atoms with E-state index in [0.29, 0.717) is 26.4 Å². The number of guanidine groups is 1. The molecule has 1 saturated heterocycles. The SMILES string of the molecule is CCNC(=NCCOCc1ccccc1OC)N1CCOC(c2cnn(C)c2)C1. The number of para-hydroxylation sites is 1. The van der Waals surface area contributed by atoms with Gasteiger partial charge in [-0.3, -0.25) is 9.67 Å². The molecule has 1 aliphatic rings. The van der Waals surface area contributed by atoms with Gasteiger partial charge in [0.2, 0.25) is 0 Å². The van der Waals surface area contributed by atoms with Crippen molar-refractivity contribution in [2.45, 2.75) is 19.6 Å². The number of aromatic nitrogens is 2. The average molecular weight is 402 g/mol. The van der Waals surface area contributed by atoms with Gasteiger partial charge in [-0.15, -0.1) is 0 Å². The maximum absolute atomic E-state index is 5.94. The van der Waals surface area contributed by atoms with Crippen molar-refractivity contribution in [1.29, 1.82) is 0 Å². The second-order valence-corrected chi connectivity index (χ2v) is 6.85. The summed E-state index contributed by atoms with van der Waals surface area (Å²) in [4.78, 5) is 6.98. The topological polar surface area (TPSA) is 73.1 Å². The predicted octanol–water partition coefficient (Wildman–Crippen LogP) is 1.98. The first kappa shape index (κ1) is 21.1. The lowest BCUT2D eigenvalue weighted by Gasteiger charge is -2.34. The van der Waals surface area contributed by atoms with Gasteiger partial charge in [0.15, 0.2) is 5.96 Å². The molecule has 1 unspecified atom stereocenters. The molecule has 0 saturated carbocycles. The number of hydrogen-bond donors (Lipinski definition) is 1. The first-order valence-corrected chi connectivity index (χ1v) is 10.0. The third-order valence-corrected chi connectivity index (χ3v) is 4.74. The van der Waals surface area contributed by atoms with E-state index in [1.54, 1.807) is 11.8 Å². The molecule has 2 heterocycles. The molecule has 2 aromatic rings. The highest BCUT2D eigenvalue weighted by molar-refractivity contribution is 5.80. The standard InChI is InChI=1S/C21H31N5O3/c1-4-22-21(23-9-11-28-16-17-7-5-6-8-19(17)27-3)26-10-12-29-20(15-26)18-13-24-25(2)14-18/h5-8,13-14,20H,4,9-12,15-16H2,1-3H3,(H,22,23). The van der Waals surface area contributed by atoms with Gasteiger partial charge in [-0.25, -0.2) is 0 Å². The van der Waals surface area contributed by atoms with Gasteiger partial charge < -0.3 is 24.4 Å². The van der Waals surface area contributed by atoms with Gasteiger partial charge in [0.1, 0.15) is 11.9 Å². The van der Waals surface area contributed by atoms with Crippen LogP contribution in [-0.2, 0) is 23.1 Å². The lowest BCUT2D eigenvalue weighted by molar-refractivity contribution is -0.00809. The predicted molar refractivity (Wildman–Crippen MR) is 112 cm³/mol. The molecule has 0 bridgehead atoms.